The number of amides is 2. The normalized spacial score (nSPS) is 20.9. The Morgan fingerprint density at radius 2 is 2.00 bits per heavy atom. The molecule has 0 bridgehead atoms. The van der Waals surface area contributed by atoms with Gasteiger partial charge in [-0.15, -0.1) is 0 Å². The minimum atomic E-state index is -0.238. The molecular formula is C15H29N3O3. The number of piperidine rings is 1. The molecule has 1 aliphatic rings. The van der Waals surface area contributed by atoms with Crippen molar-refractivity contribution in [2.75, 3.05) is 47.4 Å². The monoisotopic (exact) mass is 299 g/mol. The maximum absolute atomic E-state index is 12.8. The standard InChI is InChI=1S/C15H29N3O3/c1-15(2)7-6-8-16-13(15)14(20)18(9-10-21-5)11-12(19)17(3)4/h13,16H,6-11H2,1-5H3. The third-order valence-electron chi connectivity index (χ3n) is 4.08. The minimum Gasteiger partial charge on any atom is -0.383 e. The van der Waals surface area contributed by atoms with Crippen LogP contribution in [0.1, 0.15) is 26.7 Å². The van der Waals surface area contributed by atoms with Gasteiger partial charge in [0.05, 0.1) is 19.2 Å². The smallest absolute Gasteiger partial charge is 0.241 e. The number of carbonyl (C=O) groups is 2. The molecular weight excluding hydrogens is 270 g/mol. The van der Waals surface area contributed by atoms with Gasteiger partial charge in [-0.25, -0.2) is 0 Å². The molecule has 0 aromatic heterocycles. The molecule has 6 nitrogen and oxygen atoms in total. The van der Waals surface area contributed by atoms with Crippen molar-refractivity contribution < 1.29 is 14.3 Å². The quantitative estimate of drug-likeness (QED) is 0.768. The maximum Gasteiger partial charge on any atom is 0.241 e. The summed E-state index contributed by atoms with van der Waals surface area (Å²) in [6.45, 7) is 6.01. The van der Waals surface area contributed by atoms with Gasteiger partial charge in [-0.05, 0) is 24.8 Å². The van der Waals surface area contributed by atoms with E-state index in [1.807, 2.05) is 0 Å². The highest BCUT2D eigenvalue weighted by atomic mass is 16.5. The lowest BCUT2D eigenvalue weighted by Gasteiger charge is -2.40. The molecule has 1 aliphatic heterocycles. The topological polar surface area (TPSA) is 61.9 Å². The molecule has 0 aliphatic carbocycles. The minimum absolute atomic E-state index is 0.00745. The van der Waals surface area contributed by atoms with E-state index in [4.69, 9.17) is 4.74 Å². The van der Waals surface area contributed by atoms with E-state index in [9.17, 15) is 9.59 Å². The molecule has 1 fully saturated rings. The Hall–Kier alpha value is -1.14. The van der Waals surface area contributed by atoms with Gasteiger partial charge in [0.15, 0.2) is 0 Å². The second-order valence-electron chi connectivity index (χ2n) is 6.52. The predicted octanol–water partition coefficient (Wildman–Crippen LogP) is 0.328. The van der Waals surface area contributed by atoms with Crippen LogP contribution in [0.25, 0.3) is 0 Å². The number of nitrogens with one attached hydrogen (secondary N) is 1. The summed E-state index contributed by atoms with van der Waals surface area (Å²) in [5.41, 5.74) is -0.0954. The first-order valence-corrected chi connectivity index (χ1v) is 7.51. The molecule has 0 radical (unpaired) electrons. The molecule has 1 heterocycles. The highest BCUT2D eigenvalue weighted by Gasteiger charge is 2.39. The van der Waals surface area contributed by atoms with E-state index in [-0.39, 0.29) is 29.8 Å². The van der Waals surface area contributed by atoms with Gasteiger partial charge in [0.25, 0.3) is 0 Å². The number of methoxy groups -OCH3 is 1. The van der Waals surface area contributed by atoms with Crippen LogP contribution in [-0.2, 0) is 14.3 Å². The molecule has 0 aromatic carbocycles. The van der Waals surface area contributed by atoms with Crippen molar-refractivity contribution in [2.45, 2.75) is 32.7 Å². The molecule has 1 atom stereocenters. The molecule has 1 unspecified atom stereocenters. The van der Waals surface area contributed by atoms with Crippen molar-refractivity contribution >= 4 is 11.8 Å². The van der Waals surface area contributed by atoms with Gasteiger partial charge in [0.2, 0.25) is 11.8 Å². The van der Waals surface area contributed by atoms with Crippen molar-refractivity contribution in [3.8, 4) is 0 Å². The first-order valence-electron chi connectivity index (χ1n) is 7.51. The second-order valence-corrected chi connectivity index (χ2v) is 6.52. The molecule has 1 rings (SSSR count). The van der Waals surface area contributed by atoms with Crippen LogP contribution in [0.4, 0.5) is 0 Å². The van der Waals surface area contributed by atoms with Gasteiger partial charge < -0.3 is 19.9 Å². The summed E-state index contributed by atoms with van der Waals surface area (Å²) in [5, 5.41) is 3.31. The Kier molecular flexibility index (Phi) is 6.61. The lowest BCUT2D eigenvalue weighted by Crippen LogP contribution is -2.58. The lowest BCUT2D eigenvalue weighted by atomic mass is 9.77. The first kappa shape index (κ1) is 17.9. The number of ether oxygens (including phenoxy) is 1. The summed E-state index contributed by atoms with van der Waals surface area (Å²) in [4.78, 5) is 27.9. The number of hydrogen-bond acceptors (Lipinski definition) is 4. The second kappa shape index (κ2) is 7.75. The molecule has 6 heteroatoms. The van der Waals surface area contributed by atoms with E-state index in [0.717, 1.165) is 19.4 Å². The summed E-state index contributed by atoms with van der Waals surface area (Å²) in [6, 6.07) is -0.238. The predicted molar refractivity (Wildman–Crippen MR) is 82.0 cm³/mol. The number of nitrogens with zero attached hydrogens (tertiary/aromatic N) is 2. The molecule has 0 saturated carbocycles. The van der Waals surface area contributed by atoms with Gasteiger partial charge in [-0.2, -0.15) is 0 Å². The zero-order valence-corrected chi connectivity index (χ0v) is 13.9. The first-order chi connectivity index (χ1) is 9.79. The van der Waals surface area contributed by atoms with Crippen LogP contribution in [0, 0.1) is 5.41 Å². The highest BCUT2D eigenvalue weighted by molar-refractivity contribution is 5.88. The van der Waals surface area contributed by atoms with Crippen LogP contribution >= 0.6 is 0 Å². The van der Waals surface area contributed by atoms with Crippen LogP contribution < -0.4 is 5.32 Å². The SMILES string of the molecule is COCCN(CC(=O)N(C)C)C(=O)C1NCCCC1(C)C. The van der Waals surface area contributed by atoms with Crippen LogP contribution in [0.5, 0.6) is 0 Å². The third-order valence-corrected chi connectivity index (χ3v) is 4.08. The van der Waals surface area contributed by atoms with Crippen LogP contribution in [0.2, 0.25) is 0 Å². The molecule has 21 heavy (non-hydrogen) atoms. The van der Waals surface area contributed by atoms with Crippen molar-refractivity contribution in [1.29, 1.82) is 0 Å². The van der Waals surface area contributed by atoms with Crippen molar-refractivity contribution in [1.82, 2.24) is 15.1 Å². The summed E-state index contributed by atoms with van der Waals surface area (Å²) in [7, 11) is 4.99. The van der Waals surface area contributed by atoms with Crippen molar-refractivity contribution in [3.05, 3.63) is 0 Å². The fraction of sp³-hybridized carbons (Fsp3) is 0.867. The maximum atomic E-state index is 12.8. The third kappa shape index (κ3) is 4.97. The summed E-state index contributed by atoms with van der Waals surface area (Å²) in [6.07, 6.45) is 2.08. The molecule has 2 amide bonds. The van der Waals surface area contributed by atoms with Gasteiger partial charge >= 0.3 is 0 Å². The Labute approximate surface area is 127 Å². The van der Waals surface area contributed by atoms with Crippen molar-refractivity contribution in [2.24, 2.45) is 5.41 Å². The van der Waals surface area contributed by atoms with E-state index in [1.165, 1.54) is 4.90 Å². The summed E-state index contributed by atoms with van der Waals surface area (Å²) in [5.74, 6) is -0.0833. The number of likely N-dealkylation sites (N-methyl/N-ethyl adjacent to an activating group) is 1. The summed E-state index contributed by atoms with van der Waals surface area (Å²) < 4.78 is 5.06. The summed E-state index contributed by atoms with van der Waals surface area (Å²) >= 11 is 0. The average molecular weight is 299 g/mol. The molecule has 1 saturated heterocycles. The number of carbonyl (C=O) groups excluding carboxylic acids is 2. The zero-order valence-electron chi connectivity index (χ0n) is 13.9. The largest absolute Gasteiger partial charge is 0.383 e. The Morgan fingerprint density at radius 3 is 2.52 bits per heavy atom. The van der Waals surface area contributed by atoms with Gasteiger partial charge in [0.1, 0.15) is 0 Å². The van der Waals surface area contributed by atoms with E-state index >= 15 is 0 Å². The Bertz CT molecular complexity index is 369. The van der Waals surface area contributed by atoms with E-state index in [0.29, 0.717) is 13.2 Å². The van der Waals surface area contributed by atoms with Gasteiger partial charge in [-0.1, -0.05) is 13.8 Å². The molecule has 122 valence electrons. The lowest BCUT2D eigenvalue weighted by molar-refractivity contribution is -0.143. The van der Waals surface area contributed by atoms with Gasteiger partial charge in [-0.3, -0.25) is 9.59 Å². The van der Waals surface area contributed by atoms with E-state index in [2.05, 4.69) is 19.2 Å². The fourth-order valence-electron chi connectivity index (χ4n) is 2.59. The molecule has 0 aromatic rings. The van der Waals surface area contributed by atoms with Crippen molar-refractivity contribution in [3.63, 3.8) is 0 Å². The number of hydrogen-bond donors (Lipinski definition) is 1. The van der Waals surface area contributed by atoms with Gasteiger partial charge in [0, 0.05) is 27.7 Å². The average Bonchev–Trinajstić information content (AvgIpc) is 2.41. The van der Waals surface area contributed by atoms with Crippen LogP contribution in [-0.4, -0.2) is 75.1 Å². The zero-order chi connectivity index (χ0) is 16.0. The highest BCUT2D eigenvalue weighted by Crippen LogP contribution is 2.31. The number of rotatable bonds is 6. The van der Waals surface area contributed by atoms with E-state index < -0.39 is 0 Å². The van der Waals surface area contributed by atoms with E-state index in [1.54, 1.807) is 26.1 Å². The van der Waals surface area contributed by atoms with Crippen LogP contribution in [0.3, 0.4) is 0 Å². The molecule has 0 spiro atoms. The van der Waals surface area contributed by atoms with Crippen LogP contribution in [0.15, 0.2) is 0 Å². The molecule has 1 N–H and O–H groups in total. The Morgan fingerprint density at radius 1 is 1.33 bits per heavy atom. The fourth-order valence-corrected chi connectivity index (χ4v) is 2.59. The Balaban J connectivity index is 2.80.